The molecule has 4 heteroatoms. The summed E-state index contributed by atoms with van der Waals surface area (Å²) >= 11 is 0. The second-order valence-electron chi connectivity index (χ2n) is 2.80. The summed E-state index contributed by atoms with van der Waals surface area (Å²) in [6.07, 6.45) is 5.55. The van der Waals surface area contributed by atoms with E-state index in [9.17, 15) is 4.79 Å². The number of nitrogens with two attached hydrogens (primary N) is 1. The van der Waals surface area contributed by atoms with E-state index in [-0.39, 0.29) is 0 Å². The van der Waals surface area contributed by atoms with E-state index < -0.39 is 5.91 Å². The van der Waals surface area contributed by atoms with E-state index in [1.54, 1.807) is 12.3 Å². The van der Waals surface area contributed by atoms with E-state index in [0.29, 0.717) is 5.69 Å². The molecule has 1 aromatic heterocycles. The Bertz CT molecular complexity index is 384. The molecule has 0 spiro atoms. The molecule has 2 rings (SSSR count). The summed E-state index contributed by atoms with van der Waals surface area (Å²) in [6.45, 7) is 0.796. The van der Waals surface area contributed by atoms with Crippen LogP contribution in [0.25, 0.3) is 6.08 Å². The summed E-state index contributed by atoms with van der Waals surface area (Å²) in [4.78, 5) is 14.7. The number of anilines is 1. The van der Waals surface area contributed by atoms with Crippen molar-refractivity contribution >= 4 is 17.7 Å². The molecule has 3 N–H and O–H groups in total. The summed E-state index contributed by atoms with van der Waals surface area (Å²) in [5.41, 5.74) is 7.29. The van der Waals surface area contributed by atoms with Gasteiger partial charge in [-0.25, -0.2) is 4.98 Å². The predicted molar refractivity (Wildman–Crippen MR) is 50.3 cm³/mol. The molecule has 1 aliphatic rings. The third kappa shape index (κ3) is 1.38. The first kappa shape index (κ1) is 7.79. The number of nitrogens with one attached hydrogen (secondary N) is 1. The Kier molecular flexibility index (Phi) is 1.73. The minimum absolute atomic E-state index is 0.298. The third-order valence-electron chi connectivity index (χ3n) is 1.90. The van der Waals surface area contributed by atoms with Gasteiger partial charge < -0.3 is 11.1 Å². The lowest BCUT2D eigenvalue weighted by atomic mass is 10.1. The highest BCUT2D eigenvalue weighted by atomic mass is 16.1. The molecule has 66 valence electrons. The predicted octanol–water partition coefficient (Wildman–Crippen LogP) is 0.619. The molecule has 0 saturated carbocycles. The molecule has 1 aliphatic heterocycles. The molecule has 0 aliphatic carbocycles. The molecule has 0 fully saturated rings. The van der Waals surface area contributed by atoms with Crippen LogP contribution < -0.4 is 11.1 Å². The highest BCUT2D eigenvalue weighted by Gasteiger charge is 2.07. The van der Waals surface area contributed by atoms with E-state index in [1.165, 1.54) is 0 Å². The maximum Gasteiger partial charge on any atom is 0.267 e. The van der Waals surface area contributed by atoms with E-state index in [2.05, 4.69) is 10.3 Å². The SMILES string of the molecule is NC(=O)c1cc2c(cn1)NCC=C2. The van der Waals surface area contributed by atoms with Gasteiger partial charge in [0.1, 0.15) is 5.69 Å². The summed E-state index contributed by atoms with van der Waals surface area (Å²) in [5.74, 6) is -0.498. The quantitative estimate of drug-likeness (QED) is 0.657. The molecule has 1 amide bonds. The maximum absolute atomic E-state index is 10.8. The third-order valence-corrected chi connectivity index (χ3v) is 1.90. The van der Waals surface area contributed by atoms with Gasteiger partial charge in [-0.3, -0.25) is 4.79 Å². The fourth-order valence-corrected chi connectivity index (χ4v) is 1.25. The number of pyridine rings is 1. The first-order valence-electron chi connectivity index (χ1n) is 3.97. The average Bonchev–Trinajstić information content (AvgIpc) is 2.17. The summed E-state index contributed by atoms with van der Waals surface area (Å²) < 4.78 is 0. The van der Waals surface area contributed by atoms with Crippen LogP contribution in [0.5, 0.6) is 0 Å². The number of hydrogen-bond acceptors (Lipinski definition) is 3. The van der Waals surface area contributed by atoms with Crippen LogP contribution in [0.4, 0.5) is 5.69 Å². The summed E-state index contributed by atoms with van der Waals surface area (Å²) in [6, 6.07) is 1.68. The number of aromatic nitrogens is 1. The van der Waals surface area contributed by atoms with E-state index in [4.69, 9.17) is 5.73 Å². The van der Waals surface area contributed by atoms with Crippen molar-refractivity contribution in [3.8, 4) is 0 Å². The molecule has 4 nitrogen and oxygen atoms in total. The van der Waals surface area contributed by atoms with Gasteiger partial charge in [0.05, 0.1) is 11.9 Å². The summed E-state index contributed by atoms with van der Waals surface area (Å²) in [7, 11) is 0. The van der Waals surface area contributed by atoms with Crippen LogP contribution in [-0.4, -0.2) is 17.4 Å². The van der Waals surface area contributed by atoms with Crippen molar-refractivity contribution < 1.29 is 4.79 Å². The molecule has 1 aromatic rings. The lowest BCUT2D eigenvalue weighted by molar-refractivity contribution is 0.0995. The number of primary amides is 1. The molecule has 0 saturated heterocycles. The molecular weight excluding hydrogens is 166 g/mol. The first-order chi connectivity index (χ1) is 6.27. The number of nitrogens with zero attached hydrogens (tertiary/aromatic N) is 1. The van der Waals surface area contributed by atoms with Gasteiger partial charge in [0.25, 0.3) is 5.91 Å². The Morgan fingerprint density at radius 2 is 2.46 bits per heavy atom. The second-order valence-corrected chi connectivity index (χ2v) is 2.80. The number of amides is 1. The van der Waals surface area contributed by atoms with E-state index in [1.807, 2.05) is 12.2 Å². The Hall–Kier alpha value is -1.84. The number of fused-ring (bicyclic) bond motifs is 1. The van der Waals surface area contributed by atoms with Crippen LogP contribution in [-0.2, 0) is 0 Å². The van der Waals surface area contributed by atoms with Crippen molar-refractivity contribution in [3.05, 3.63) is 29.6 Å². The molecule has 13 heavy (non-hydrogen) atoms. The average molecular weight is 175 g/mol. The standard InChI is InChI=1S/C9H9N3O/c10-9(13)7-4-6-2-1-3-11-8(6)5-12-7/h1-2,4-5,11H,3H2,(H2,10,13). The normalized spacial score (nSPS) is 13.2. The minimum atomic E-state index is -0.498. The Morgan fingerprint density at radius 3 is 3.23 bits per heavy atom. The zero-order chi connectivity index (χ0) is 9.26. The van der Waals surface area contributed by atoms with Gasteiger partial charge in [-0.1, -0.05) is 12.2 Å². The number of carbonyl (C=O) groups excluding carboxylic acids is 1. The lowest BCUT2D eigenvalue weighted by Gasteiger charge is -2.12. The molecule has 0 unspecified atom stereocenters. The van der Waals surface area contributed by atoms with Gasteiger partial charge in [-0.05, 0) is 6.07 Å². The van der Waals surface area contributed by atoms with Crippen molar-refractivity contribution in [1.29, 1.82) is 0 Å². The van der Waals surface area contributed by atoms with Crippen LogP contribution in [0.15, 0.2) is 18.3 Å². The van der Waals surface area contributed by atoms with Gasteiger partial charge in [0.2, 0.25) is 0 Å². The highest BCUT2D eigenvalue weighted by molar-refractivity contribution is 5.92. The molecule has 0 atom stereocenters. The van der Waals surface area contributed by atoms with Crippen molar-refractivity contribution in [2.45, 2.75) is 0 Å². The van der Waals surface area contributed by atoms with Crippen LogP contribution in [0.3, 0.4) is 0 Å². The number of carbonyl (C=O) groups is 1. The largest absolute Gasteiger partial charge is 0.380 e. The van der Waals surface area contributed by atoms with Crippen LogP contribution in [0.1, 0.15) is 16.1 Å². The Balaban J connectivity index is 2.48. The second kappa shape index (κ2) is 2.90. The van der Waals surface area contributed by atoms with E-state index in [0.717, 1.165) is 17.8 Å². The monoisotopic (exact) mass is 175 g/mol. The van der Waals surface area contributed by atoms with Crippen molar-refractivity contribution in [2.75, 3.05) is 11.9 Å². The van der Waals surface area contributed by atoms with Gasteiger partial charge in [-0.15, -0.1) is 0 Å². The fraction of sp³-hybridized carbons (Fsp3) is 0.111. The van der Waals surface area contributed by atoms with E-state index >= 15 is 0 Å². The zero-order valence-corrected chi connectivity index (χ0v) is 6.95. The van der Waals surface area contributed by atoms with Crippen LogP contribution in [0, 0.1) is 0 Å². The van der Waals surface area contributed by atoms with Gasteiger partial charge >= 0.3 is 0 Å². The van der Waals surface area contributed by atoms with Gasteiger partial charge in [-0.2, -0.15) is 0 Å². The van der Waals surface area contributed by atoms with Crippen molar-refractivity contribution in [2.24, 2.45) is 5.73 Å². The van der Waals surface area contributed by atoms with Crippen LogP contribution >= 0.6 is 0 Å². The van der Waals surface area contributed by atoms with Crippen LogP contribution in [0.2, 0.25) is 0 Å². The Morgan fingerprint density at radius 1 is 1.62 bits per heavy atom. The number of rotatable bonds is 1. The highest BCUT2D eigenvalue weighted by Crippen LogP contribution is 2.19. The fourth-order valence-electron chi connectivity index (χ4n) is 1.25. The first-order valence-corrected chi connectivity index (χ1v) is 3.97. The maximum atomic E-state index is 10.8. The molecule has 0 radical (unpaired) electrons. The van der Waals surface area contributed by atoms with Crippen molar-refractivity contribution in [3.63, 3.8) is 0 Å². The molecule has 0 aromatic carbocycles. The minimum Gasteiger partial charge on any atom is -0.380 e. The zero-order valence-electron chi connectivity index (χ0n) is 6.95. The van der Waals surface area contributed by atoms with Crippen molar-refractivity contribution in [1.82, 2.24) is 4.98 Å². The molecule has 2 heterocycles. The smallest absolute Gasteiger partial charge is 0.267 e. The molecule has 0 bridgehead atoms. The van der Waals surface area contributed by atoms with Gasteiger partial charge in [0, 0.05) is 12.1 Å². The van der Waals surface area contributed by atoms with Gasteiger partial charge in [0.15, 0.2) is 0 Å². The number of hydrogen-bond donors (Lipinski definition) is 2. The Labute approximate surface area is 75.5 Å². The topological polar surface area (TPSA) is 68.0 Å². The summed E-state index contributed by atoms with van der Waals surface area (Å²) in [5, 5.41) is 3.13. The molecular formula is C9H9N3O. The lowest BCUT2D eigenvalue weighted by Crippen LogP contribution is -2.14.